The largest absolute Gasteiger partial charge is 0 e. The van der Waals surface area contributed by atoms with Crippen molar-refractivity contribution >= 4 is 0 Å². The van der Waals surface area contributed by atoms with Crippen molar-refractivity contribution in [2.75, 3.05) is 0 Å². The van der Waals surface area contributed by atoms with Crippen molar-refractivity contribution < 1.29 is 47.2 Å². The fraction of sp³-hybridized carbons (Fsp3) is 0. The van der Waals surface area contributed by atoms with Gasteiger partial charge in [0.1, 0.15) is 0 Å². The second kappa shape index (κ2) is 9.24. The smallest absolute Gasteiger partial charge is 0 e. The third kappa shape index (κ3) is 115. The maximum Gasteiger partial charge on any atom is 0 e. The second-order valence-electron chi connectivity index (χ2n) is 0.238. The minimum Gasteiger partial charge on any atom is 0 e. The Morgan fingerprint density at radius 1 is 1.33 bits per heavy atom. The predicted octanol–water partition coefficient (Wildman–Crippen LogP) is -0.638. The van der Waals surface area contributed by atoms with E-state index in [0.717, 1.165) is 0 Å². The molecule has 0 atom stereocenters. The van der Waals surface area contributed by atoms with Crippen molar-refractivity contribution in [3.8, 4) is 0 Å². The summed E-state index contributed by atoms with van der Waals surface area (Å²) in [6.07, 6.45) is 0. The zero-order valence-electron chi connectivity index (χ0n) is 2.73. The summed E-state index contributed by atoms with van der Waals surface area (Å²) in [7, 11) is 0. The van der Waals surface area contributed by atoms with E-state index in [-0.39, 0.29) is 26.6 Å². The van der Waals surface area contributed by atoms with E-state index in [1.807, 2.05) is 0 Å². The molecule has 6 heteroatoms. The zero-order valence-corrected chi connectivity index (χ0v) is 5.69. The second-order valence-corrected chi connectivity index (χ2v) is 0.981. The molecule has 0 aromatic carbocycles. The molecule has 4 N–H and O–H groups in total. The van der Waals surface area contributed by atoms with Gasteiger partial charge in [-0.25, -0.2) is 0 Å². The fourth-order valence-corrected chi connectivity index (χ4v) is 0. The molecule has 0 saturated carbocycles. The van der Waals surface area contributed by atoms with Gasteiger partial charge in [0.2, 0.25) is 0 Å². The number of rotatable bonds is 0. The summed E-state index contributed by atoms with van der Waals surface area (Å²) in [4.78, 5) is 0. The Labute approximate surface area is 53.5 Å². The van der Waals surface area contributed by atoms with E-state index in [1.54, 1.807) is 0 Å². The van der Waals surface area contributed by atoms with Crippen LogP contribution in [0.3, 0.4) is 0 Å². The van der Waals surface area contributed by atoms with E-state index in [9.17, 15) is 0 Å². The Balaban J connectivity index is -0.0000000450. The molecule has 0 aliphatic rings. The van der Waals surface area contributed by atoms with Crippen LogP contribution in [0.4, 0.5) is 0 Å². The van der Waals surface area contributed by atoms with Crippen LogP contribution in [0.1, 0.15) is 0 Å². The van der Waals surface area contributed by atoms with Gasteiger partial charge in [0.05, 0.1) is 0 Å². The molecule has 4 nitrogen and oxygen atoms in total. The van der Waals surface area contributed by atoms with Crippen LogP contribution in [-0.2, 0) is 43.2 Å². The Morgan fingerprint density at radius 2 is 1.33 bits per heavy atom. The molecule has 0 heterocycles. The van der Waals surface area contributed by atoms with Gasteiger partial charge >= 0.3 is 26.8 Å². The maximum absolute atomic E-state index is 8.67. The quantitative estimate of drug-likeness (QED) is 0.535. The molecule has 6 heavy (non-hydrogen) atoms. The zero-order chi connectivity index (χ0) is 3.58. The molecule has 0 aromatic rings. The molecule has 0 amide bonds. The Morgan fingerprint density at radius 3 is 1.33 bits per heavy atom. The number of hydrogen-bond donors (Lipinski definition) is 2. The molecule has 0 saturated heterocycles. The van der Waals surface area contributed by atoms with E-state index in [0.29, 0.717) is 0 Å². The summed E-state index contributed by atoms with van der Waals surface area (Å²) in [5.41, 5.74) is 0. The minimum atomic E-state index is -3.69. The van der Waals surface area contributed by atoms with Gasteiger partial charge in [0.25, 0.3) is 0 Å². The van der Waals surface area contributed by atoms with Crippen LogP contribution < -0.4 is 6.15 Å². The fourth-order valence-electron chi connectivity index (χ4n) is 0. The summed E-state index contributed by atoms with van der Waals surface area (Å²) < 4.78 is 24.4. The van der Waals surface area contributed by atoms with Crippen molar-refractivity contribution in [2.24, 2.45) is 0 Å². The SMILES string of the molecule is N.[O]=[V](=[O])[OH].[Pd]. The van der Waals surface area contributed by atoms with Gasteiger partial charge in [-0.2, -0.15) is 0 Å². The summed E-state index contributed by atoms with van der Waals surface area (Å²) >= 11 is -3.69. The monoisotopic (exact) mass is 223 g/mol. The molecule has 0 aliphatic carbocycles. The molecule has 0 rings (SSSR count). The molecule has 0 aliphatic heterocycles. The summed E-state index contributed by atoms with van der Waals surface area (Å²) in [5, 5.41) is 0. The summed E-state index contributed by atoms with van der Waals surface area (Å²) in [6, 6.07) is 0. The Bertz CT molecular complexity index is 59.2. The van der Waals surface area contributed by atoms with Crippen LogP contribution in [0.2, 0.25) is 0 Å². The molecule has 0 spiro atoms. The molecular formula is H4NO3PdV. The van der Waals surface area contributed by atoms with Gasteiger partial charge < -0.3 is 6.15 Å². The average molecular weight is 223 g/mol. The van der Waals surface area contributed by atoms with Gasteiger partial charge in [0, 0.05) is 20.4 Å². The van der Waals surface area contributed by atoms with Gasteiger partial charge in [-0.3, -0.25) is 0 Å². The molecule has 0 fully saturated rings. The van der Waals surface area contributed by atoms with Crippen molar-refractivity contribution in [3.63, 3.8) is 0 Å². The van der Waals surface area contributed by atoms with Crippen molar-refractivity contribution in [1.82, 2.24) is 6.15 Å². The predicted molar refractivity (Wildman–Crippen MR) is 8.61 cm³/mol. The number of hydrogen-bond acceptors (Lipinski definition) is 3. The van der Waals surface area contributed by atoms with Crippen molar-refractivity contribution in [1.29, 1.82) is 0 Å². The average Bonchev–Trinajstić information content (AvgIpc) is 0.811. The maximum atomic E-state index is 8.67. The Kier molecular flexibility index (Phi) is 24.4. The van der Waals surface area contributed by atoms with Crippen LogP contribution >= 0.6 is 0 Å². The molecule has 0 aromatic heterocycles. The van der Waals surface area contributed by atoms with Gasteiger partial charge in [-0.1, -0.05) is 0 Å². The Hall–Kier alpha value is 0.767. The third-order valence-corrected chi connectivity index (χ3v) is 0. The molecule has 42 valence electrons. The van der Waals surface area contributed by atoms with Crippen molar-refractivity contribution in [2.45, 2.75) is 0 Å². The molecule has 0 radical (unpaired) electrons. The summed E-state index contributed by atoms with van der Waals surface area (Å²) in [6.45, 7) is 0. The van der Waals surface area contributed by atoms with Gasteiger partial charge in [0.15, 0.2) is 0 Å². The van der Waals surface area contributed by atoms with Crippen LogP contribution in [-0.4, -0.2) is 4.03 Å². The van der Waals surface area contributed by atoms with E-state index >= 15 is 0 Å². The summed E-state index contributed by atoms with van der Waals surface area (Å²) in [5.74, 6) is 0. The van der Waals surface area contributed by atoms with Crippen LogP contribution in [0.15, 0.2) is 0 Å². The van der Waals surface area contributed by atoms with Crippen LogP contribution in [0.5, 0.6) is 0 Å². The van der Waals surface area contributed by atoms with Crippen LogP contribution in [0, 0.1) is 0 Å². The first-order valence-electron chi connectivity index (χ1n) is 0.565. The normalized spacial score (nSPS) is 4.17. The van der Waals surface area contributed by atoms with Gasteiger partial charge in [-0.05, 0) is 0 Å². The van der Waals surface area contributed by atoms with E-state index in [1.165, 1.54) is 0 Å². The van der Waals surface area contributed by atoms with E-state index in [2.05, 4.69) is 0 Å². The van der Waals surface area contributed by atoms with E-state index in [4.69, 9.17) is 11.4 Å². The molecule has 0 unspecified atom stereocenters. The topological polar surface area (TPSA) is 89.4 Å². The first-order chi connectivity index (χ1) is 1.73. The first kappa shape index (κ1) is 15.9. The molecule has 0 bridgehead atoms. The van der Waals surface area contributed by atoms with Gasteiger partial charge in [-0.15, -0.1) is 0 Å². The van der Waals surface area contributed by atoms with Crippen LogP contribution in [0.25, 0.3) is 0 Å². The standard InChI is InChI=1S/H3N.H2O.2O.Pd.V/h1H3;1H2;;;;/q;;;;;+1/p-1. The molecular weight excluding hydrogens is 219 g/mol. The minimum absolute atomic E-state index is 0. The third-order valence-electron chi connectivity index (χ3n) is 0. The van der Waals surface area contributed by atoms with E-state index < -0.39 is 15.4 Å². The van der Waals surface area contributed by atoms with Crippen molar-refractivity contribution in [3.05, 3.63) is 0 Å². The first-order valence-corrected chi connectivity index (χ1v) is 2.33.